The molecule has 0 spiro atoms. The zero-order chi connectivity index (χ0) is 9.40. The van der Waals surface area contributed by atoms with Crippen molar-refractivity contribution in [1.29, 1.82) is 0 Å². The summed E-state index contributed by atoms with van der Waals surface area (Å²) in [6, 6.07) is -0.330. The summed E-state index contributed by atoms with van der Waals surface area (Å²) >= 11 is 0. The SMILES string of the molecule is CC(NCCO)C(=O)NCCO. The minimum atomic E-state index is -0.330. The first-order valence-electron chi connectivity index (χ1n) is 3.95. The van der Waals surface area contributed by atoms with E-state index >= 15 is 0 Å². The van der Waals surface area contributed by atoms with E-state index in [9.17, 15) is 4.79 Å². The Morgan fingerprint density at radius 1 is 1.33 bits per heavy atom. The van der Waals surface area contributed by atoms with Crippen molar-refractivity contribution < 1.29 is 15.0 Å². The number of carbonyl (C=O) groups excluding carboxylic acids is 1. The molecule has 0 heterocycles. The molecule has 1 atom stereocenters. The maximum Gasteiger partial charge on any atom is 0.236 e. The maximum atomic E-state index is 11.0. The smallest absolute Gasteiger partial charge is 0.236 e. The molecule has 0 rings (SSSR count). The molecule has 0 bridgehead atoms. The van der Waals surface area contributed by atoms with Crippen LogP contribution in [0.2, 0.25) is 0 Å². The van der Waals surface area contributed by atoms with E-state index in [-0.39, 0.29) is 31.7 Å². The Balaban J connectivity index is 3.47. The average Bonchev–Trinajstić information content (AvgIpc) is 2.10. The molecule has 0 saturated heterocycles. The van der Waals surface area contributed by atoms with Gasteiger partial charge in [-0.3, -0.25) is 4.79 Å². The van der Waals surface area contributed by atoms with Crippen LogP contribution in [0.4, 0.5) is 0 Å². The Morgan fingerprint density at radius 2 is 1.92 bits per heavy atom. The van der Waals surface area contributed by atoms with Crippen molar-refractivity contribution in [2.24, 2.45) is 0 Å². The van der Waals surface area contributed by atoms with E-state index < -0.39 is 0 Å². The van der Waals surface area contributed by atoms with Gasteiger partial charge in [0.25, 0.3) is 0 Å². The van der Waals surface area contributed by atoms with Gasteiger partial charge in [-0.2, -0.15) is 0 Å². The van der Waals surface area contributed by atoms with Crippen molar-refractivity contribution in [1.82, 2.24) is 10.6 Å². The van der Waals surface area contributed by atoms with E-state index in [0.29, 0.717) is 6.54 Å². The standard InChI is InChI=1S/C7H16N2O3/c1-6(8-2-4-10)7(12)9-3-5-11/h6,8,10-11H,2-5H2,1H3,(H,9,12). The molecule has 0 aromatic rings. The van der Waals surface area contributed by atoms with Crippen LogP contribution in [0.15, 0.2) is 0 Å². The number of hydrogen-bond acceptors (Lipinski definition) is 4. The lowest BCUT2D eigenvalue weighted by atomic mass is 10.3. The summed E-state index contributed by atoms with van der Waals surface area (Å²) in [4.78, 5) is 11.0. The molecule has 0 aliphatic rings. The van der Waals surface area contributed by atoms with Crippen LogP contribution in [0.5, 0.6) is 0 Å². The highest BCUT2D eigenvalue weighted by atomic mass is 16.3. The second kappa shape index (κ2) is 7.02. The lowest BCUT2D eigenvalue weighted by Gasteiger charge is -2.11. The zero-order valence-corrected chi connectivity index (χ0v) is 7.21. The van der Waals surface area contributed by atoms with Crippen LogP contribution in [0.1, 0.15) is 6.92 Å². The predicted molar refractivity (Wildman–Crippen MR) is 44.6 cm³/mol. The quantitative estimate of drug-likeness (QED) is 0.380. The van der Waals surface area contributed by atoms with Gasteiger partial charge in [-0.15, -0.1) is 0 Å². The third kappa shape index (κ3) is 5.06. The van der Waals surface area contributed by atoms with Gasteiger partial charge in [-0.05, 0) is 6.92 Å². The van der Waals surface area contributed by atoms with Crippen molar-refractivity contribution >= 4 is 5.91 Å². The molecular formula is C7H16N2O3. The highest BCUT2D eigenvalue weighted by Crippen LogP contribution is 1.79. The molecule has 5 heteroatoms. The van der Waals surface area contributed by atoms with Gasteiger partial charge in [0.05, 0.1) is 19.3 Å². The molecule has 0 fully saturated rings. The molecule has 0 radical (unpaired) electrons. The molecule has 0 aromatic heterocycles. The number of carbonyl (C=O) groups is 1. The van der Waals surface area contributed by atoms with E-state index in [2.05, 4.69) is 10.6 Å². The normalized spacial score (nSPS) is 12.6. The Kier molecular flexibility index (Phi) is 6.64. The van der Waals surface area contributed by atoms with Crippen molar-refractivity contribution in [3.8, 4) is 0 Å². The van der Waals surface area contributed by atoms with Crippen LogP contribution in [-0.4, -0.2) is 48.5 Å². The predicted octanol–water partition coefficient (Wildman–Crippen LogP) is -1.93. The second-order valence-corrected chi connectivity index (χ2v) is 2.41. The molecule has 0 aliphatic carbocycles. The molecule has 5 nitrogen and oxygen atoms in total. The number of aliphatic hydroxyl groups is 2. The molecule has 0 aromatic carbocycles. The van der Waals surface area contributed by atoms with Gasteiger partial charge in [0.1, 0.15) is 0 Å². The van der Waals surface area contributed by atoms with Gasteiger partial charge in [0.2, 0.25) is 5.91 Å². The van der Waals surface area contributed by atoms with Gasteiger partial charge in [0.15, 0.2) is 0 Å². The Hall–Kier alpha value is -0.650. The van der Waals surface area contributed by atoms with E-state index in [0.717, 1.165) is 0 Å². The highest BCUT2D eigenvalue weighted by Gasteiger charge is 2.09. The van der Waals surface area contributed by atoms with Crippen LogP contribution in [0.3, 0.4) is 0 Å². The second-order valence-electron chi connectivity index (χ2n) is 2.41. The van der Waals surface area contributed by atoms with Crippen LogP contribution in [0.25, 0.3) is 0 Å². The van der Waals surface area contributed by atoms with Crippen LogP contribution >= 0.6 is 0 Å². The highest BCUT2D eigenvalue weighted by molar-refractivity contribution is 5.81. The van der Waals surface area contributed by atoms with E-state index in [1.807, 2.05) is 0 Å². The van der Waals surface area contributed by atoms with Gasteiger partial charge >= 0.3 is 0 Å². The first kappa shape index (κ1) is 11.4. The van der Waals surface area contributed by atoms with Crippen molar-refractivity contribution in [3.63, 3.8) is 0 Å². The molecule has 12 heavy (non-hydrogen) atoms. The number of hydrogen-bond donors (Lipinski definition) is 4. The topological polar surface area (TPSA) is 81.6 Å². The fourth-order valence-corrected chi connectivity index (χ4v) is 0.706. The number of amides is 1. The minimum Gasteiger partial charge on any atom is -0.395 e. The van der Waals surface area contributed by atoms with Gasteiger partial charge in [0, 0.05) is 13.1 Å². The number of aliphatic hydroxyl groups excluding tert-OH is 2. The molecular weight excluding hydrogens is 160 g/mol. The van der Waals surface area contributed by atoms with E-state index in [1.54, 1.807) is 6.92 Å². The third-order valence-corrected chi connectivity index (χ3v) is 1.37. The van der Waals surface area contributed by atoms with E-state index in [1.165, 1.54) is 0 Å². The molecule has 72 valence electrons. The molecule has 4 N–H and O–H groups in total. The van der Waals surface area contributed by atoms with E-state index in [4.69, 9.17) is 10.2 Å². The Labute approximate surface area is 71.8 Å². The van der Waals surface area contributed by atoms with Crippen molar-refractivity contribution in [2.45, 2.75) is 13.0 Å². The van der Waals surface area contributed by atoms with Crippen LogP contribution < -0.4 is 10.6 Å². The lowest BCUT2D eigenvalue weighted by Crippen LogP contribution is -2.43. The van der Waals surface area contributed by atoms with Crippen LogP contribution in [0, 0.1) is 0 Å². The number of nitrogens with one attached hydrogen (secondary N) is 2. The first-order chi connectivity index (χ1) is 5.72. The molecule has 0 aliphatic heterocycles. The summed E-state index contributed by atoms with van der Waals surface area (Å²) in [5.74, 6) is -0.169. The summed E-state index contributed by atoms with van der Waals surface area (Å²) in [7, 11) is 0. The van der Waals surface area contributed by atoms with Gasteiger partial charge in [-0.25, -0.2) is 0 Å². The average molecular weight is 176 g/mol. The molecule has 0 saturated carbocycles. The summed E-state index contributed by atoms with van der Waals surface area (Å²) in [5, 5.41) is 22.1. The monoisotopic (exact) mass is 176 g/mol. The summed E-state index contributed by atoms with van der Waals surface area (Å²) in [6.45, 7) is 2.32. The molecule has 1 unspecified atom stereocenters. The van der Waals surface area contributed by atoms with Crippen molar-refractivity contribution in [3.05, 3.63) is 0 Å². The fraction of sp³-hybridized carbons (Fsp3) is 0.857. The largest absolute Gasteiger partial charge is 0.395 e. The third-order valence-electron chi connectivity index (χ3n) is 1.37. The summed E-state index contributed by atoms with van der Waals surface area (Å²) < 4.78 is 0. The minimum absolute atomic E-state index is 0.0115. The Morgan fingerprint density at radius 3 is 2.42 bits per heavy atom. The first-order valence-corrected chi connectivity index (χ1v) is 3.95. The molecule has 1 amide bonds. The number of rotatable bonds is 6. The van der Waals surface area contributed by atoms with Crippen LogP contribution in [-0.2, 0) is 4.79 Å². The zero-order valence-electron chi connectivity index (χ0n) is 7.21. The lowest BCUT2D eigenvalue weighted by molar-refractivity contribution is -0.122. The van der Waals surface area contributed by atoms with Gasteiger partial charge < -0.3 is 20.8 Å². The van der Waals surface area contributed by atoms with Gasteiger partial charge in [-0.1, -0.05) is 0 Å². The van der Waals surface area contributed by atoms with Crippen molar-refractivity contribution in [2.75, 3.05) is 26.3 Å². The summed E-state index contributed by atoms with van der Waals surface area (Å²) in [5.41, 5.74) is 0. The maximum absolute atomic E-state index is 11.0. The fourth-order valence-electron chi connectivity index (χ4n) is 0.706. The Bertz CT molecular complexity index is 130. The summed E-state index contributed by atoms with van der Waals surface area (Å²) in [6.07, 6.45) is 0.